The second-order valence-corrected chi connectivity index (χ2v) is 9.16. The van der Waals surface area contributed by atoms with Crippen molar-refractivity contribution in [1.29, 1.82) is 0 Å². The van der Waals surface area contributed by atoms with E-state index in [-0.39, 0.29) is 5.91 Å². The van der Waals surface area contributed by atoms with Crippen LogP contribution in [-0.2, 0) is 13.0 Å². The zero-order chi connectivity index (χ0) is 23.2. The number of hydrogen-bond acceptors (Lipinski definition) is 6. The molecule has 0 unspecified atom stereocenters. The highest BCUT2D eigenvalue weighted by atomic mass is 35.5. The van der Waals surface area contributed by atoms with E-state index < -0.39 is 0 Å². The highest BCUT2D eigenvalue weighted by Crippen LogP contribution is 2.23. The third-order valence-corrected chi connectivity index (χ3v) is 6.47. The maximum Gasteiger partial charge on any atom is 0.265 e. The van der Waals surface area contributed by atoms with Crippen LogP contribution in [0.2, 0.25) is 5.02 Å². The van der Waals surface area contributed by atoms with Gasteiger partial charge in [-0.25, -0.2) is 4.98 Å². The Labute approximate surface area is 201 Å². The molecule has 4 rings (SSSR count). The average molecular weight is 482 g/mol. The van der Waals surface area contributed by atoms with E-state index >= 15 is 0 Å². The summed E-state index contributed by atoms with van der Waals surface area (Å²) in [7, 11) is 1.81. The van der Waals surface area contributed by atoms with Gasteiger partial charge in [-0.1, -0.05) is 47.1 Å². The van der Waals surface area contributed by atoms with Crippen molar-refractivity contribution in [1.82, 2.24) is 15.0 Å². The van der Waals surface area contributed by atoms with Gasteiger partial charge in [-0.3, -0.25) is 4.79 Å². The van der Waals surface area contributed by atoms with E-state index in [1.807, 2.05) is 43.3 Å². The van der Waals surface area contributed by atoms with Gasteiger partial charge in [0.25, 0.3) is 5.91 Å². The first-order chi connectivity index (χ1) is 16.0. The SMILES string of the molecule is Cc1nc(COc2ccc(Cl)cc2)sc1C(=O)N(C)CCCc1cc(-c2ccccc2)no1. The second kappa shape index (κ2) is 10.6. The molecule has 0 aliphatic rings. The Bertz CT molecular complexity index is 1210. The molecule has 2 aromatic carbocycles. The average Bonchev–Trinajstić information content (AvgIpc) is 3.45. The Hall–Kier alpha value is -3.16. The third kappa shape index (κ3) is 6.00. The number of thiazole rings is 1. The number of halogens is 1. The van der Waals surface area contributed by atoms with Crippen LogP contribution in [-0.4, -0.2) is 34.5 Å². The van der Waals surface area contributed by atoms with E-state index in [4.69, 9.17) is 20.9 Å². The summed E-state index contributed by atoms with van der Waals surface area (Å²) < 4.78 is 11.2. The van der Waals surface area contributed by atoms with Gasteiger partial charge < -0.3 is 14.2 Å². The minimum atomic E-state index is -0.0368. The molecule has 0 spiro atoms. The Morgan fingerprint density at radius 1 is 1.15 bits per heavy atom. The van der Waals surface area contributed by atoms with Crippen LogP contribution in [0.15, 0.2) is 65.2 Å². The summed E-state index contributed by atoms with van der Waals surface area (Å²) in [5.41, 5.74) is 2.56. The van der Waals surface area contributed by atoms with Gasteiger partial charge >= 0.3 is 0 Å². The molecule has 6 nitrogen and oxygen atoms in total. The predicted molar refractivity (Wildman–Crippen MR) is 130 cm³/mol. The maximum atomic E-state index is 12.9. The summed E-state index contributed by atoms with van der Waals surface area (Å²) >= 11 is 7.27. The number of hydrogen-bond donors (Lipinski definition) is 0. The zero-order valence-electron chi connectivity index (χ0n) is 18.5. The first kappa shape index (κ1) is 23.0. The molecule has 2 heterocycles. The quantitative estimate of drug-likeness (QED) is 0.291. The number of carbonyl (C=O) groups excluding carboxylic acids is 1. The van der Waals surface area contributed by atoms with E-state index in [9.17, 15) is 4.79 Å². The van der Waals surface area contributed by atoms with Crippen molar-refractivity contribution in [3.05, 3.63) is 87.0 Å². The van der Waals surface area contributed by atoms with E-state index in [1.54, 1.807) is 36.2 Å². The Morgan fingerprint density at radius 2 is 1.91 bits per heavy atom. The lowest BCUT2D eigenvalue weighted by Crippen LogP contribution is -2.27. The molecule has 2 aromatic heterocycles. The molecule has 0 saturated heterocycles. The van der Waals surface area contributed by atoms with Gasteiger partial charge in [-0.2, -0.15) is 0 Å². The van der Waals surface area contributed by atoms with Crippen LogP contribution < -0.4 is 4.74 Å². The van der Waals surface area contributed by atoms with Crippen molar-refractivity contribution in [2.24, 2.45) is 0 Å². The molecule has 0 aliphatic carbocycles. The lowest BCUT2D eigenvalue weighted by atomic mass is 10.1. The molecule has 0 bridgehead atoms. The fraction of sp³-hybridized carbons (Fsp3) is 0.240. The lowest BCUT2D eigenvalue weighted by molar-refractivity contribution is 0.0796. The zero-order valence-corrected chi connectivity index (χ0v) is 20.0. The number of amides is 1. The third-order valence-electron chi connectivity index (χ3n) is 5.10. The van der Waals surface area contributed by atoms with Crippen LogP contribution in [0, 0.1) is 6.92 Å². The number of ether oxygens (including phenoxy) is 1. The summed E-state index contributed by atoms with van der Waals surface area (Å²) in [6.07, 6.45) is 1.48. The maximum absolute atomic E-state index is 12.9. The van der Waals surface area contributed by atoms with Crippen molar-refractivity contribution < 1.29 is 14.1 Å². The molecule has 0 radical (unpaired) electrons. The number of aromatic nitrogens is 2. The van der Waals surface area contributed by atoms with E-state index in [0.29, 0.717) is 40.9 Å². The van der Waals surface area contributed by atoms with Gasteiger partial charge in [0.1, 0.15) is 33.7 Å². The Balaban J connectivity index is 1.28. The van der Waals surface area contributed by atoms with E-state index in [0.717, 1.165) is 28.4 Å². The first-order valence-electron chi connectivity index (χ1n) is 10.6. The Kier molecular flexibility index (Phi) is 7.42. The van der Waals surface area contributed by atoms with E-state index in [1.165, 1.54) is 11.3 Å². The summed E-state index contributed by atoms with van der Waals surface area (Å²) in [5.74, 6) is 1.48. The van der Waals surface area contributed by atoms with Crippen molar-refractivity contribution in [2.75, 3.05) is 13.6 Å². The van der Waals surface area contributed by atoms with Crippen LogP contribution in [0.4, 0.5) is 0 Å². The molecule has 0 atom stereocenters. The number of benzene rings is 2. The van der Waals surface area contributed by atoms with Gasteiger partial charge in [0.2, 0.25) is 0 Å². The summed E-state index contributed by atoms with van der Waals surface area (Å²) in [4.78, 5) is 19.8. The second-order valence-electron chi connectivity index (χ2n) is 7.64. The number of rotatable bonds is 9. The fourth-order valence-corrected chi connectivity index (χ4v) is 4.43. The summed E-state index contributed by atoms with van der Waals surface area (Å²) in [6, 6.07) is 19.0. The van der Waals surface area contributed by atoms with E-state index in [2.05, 4.69) is 10.1 Å². The van der Waals surface area contributed by atoms with Crippen LogP contribution >= 0.6 is 22.9 Å². The smallest absolute Gasteiger partial charge is 0.265 e. The summed E-state index contributed by atoms with van der Waals surface area (Å²) in [6.45, 7) is 2.76. The molecule has 8 heteroatoms. The number of carbonyl (C=O) groups is 1. The van der Waals surface area contributed by atoms with Crippen LogP contribution in [0.3, 0.4) is 0 Å². The van der Waals surface area contributed by atoms with Gasteiger partial charge in [0.15, 0.2) is 0 Å². The molecule has 0 aliphatic heterocycles. The molecule has 0 N–H and O–H groups in total. The predicted octanol–water partition coefficient (Wildman–Crippen LogP) is 6.04. The monoisotopic (exact) mass is 481 g/mol. The molecule has 4 aromatic rings. The Morgan fingerprint density at radius 3 is 2.67 bits per heavy atom. The first-order valence-corrected chi connectivity index (χ1v) is 11.8. The fourth-order valence-electron chi connectivity index (χ4n) is 3.33. The summed E-state index contributed by atoms with van der Waals surface area (Å²) in [5, 5.41) is 5.56. The van der Waals surface area contributed by atoms with Crippen molar-refractivity contribution in [2.45, 2.75) is 26.4 Å². The highest BCUT2D eigenvalue weighted by molar-refractivity contribution is 7.13. The normalized spacial score (nSPS) is 10.9. The molecule has 1 amide bonds. The minimum Gasteiger partial charge on any atom is -0.486 e. The topological polar surface area (TPSA) is 68.5 Å². The van der Waals surface area contributed by atoms with Crippen LogP contribution in [0.25, 0.3) is 11.3 Å². The molecular weight excluding hydrogens is 458 g/mol. The van der Waals surface area contributed by atoms with Crippen molar-refractivity contribution >= 4 is 28.8 Å². The van der Waals surface area contributed by atoms with Crippen LogP contribution in [0.5, 0.6) is 5.75 Å². The van der Waals surface area contributed by atoms with Gasteiger partial charge in [0, 0.05) is 36.7 Å². The largest absolute Gasteiger partial charge is 0.486 e. The van der Waals surface area contributed by atoms with Crippen LogP contribution in [0.1, 0.15) is 32.6 Å². The van der Waals surface area contributed by atoms with Gasteiger partial charge in [-0.15, -0.1) is 11.3 Å². The van der Waals surface area contributed by atoms with Gasteiger partial charge in [0.05, 0.1) is 5.69 Å². The minimum absolute atomic E-state index is 0.0368. The molecule has 170 valence electrons. The molecule has 0 saturated carbocycles. The molecule has 0 fully saturated rings. The molecule has 33 heavy (non-hydrogen) atoms. The highest BCUT2D eigenvalue weighted by Gasteiger charge is 2.19. The number of nitrogens with zero attached hydrogens (tertiary/aromatic N) is 3. The lowest BCUT2D eigenvalue weighted by Gasteiger charge is -2.15. The van der Waals surface area contributed by atoms with Crippen molar-refractivity contribution in [3.63, 3.8) is 0 Å². The van der Waals surface area contributed by atoms with Crippen molar-refractivity contribution in [3.8, 4) is 17.0 Å². The molecular formula is C25H24ClN3O3S. The van der Waals surface area contributed by atoms with Gasteiger partial charge in [-0.05, 0) is 37.6 Å². The number of aryl methyl sites for hydroxylation is 2. The standard InChI is InChI=1S/C25H24ClN3O3S/c1-17-24(33-23(27-17)16-31-20-12-10-19(26)11-13-20)25(30)29(2)14-6-9-21-15-22(28-32-21)18-7-4-3-5-8-18/h3-5,7-8,10-13,15H,6,9,14,16H2,1-2H3.